The highest BCUT2D eigenvalue weighted by atomic mass is 14.9. The SMILES string of the molecule is CCC(CC)CNCCCNCCCCNCCCNCC(CC)CC. The highest BCUT2D eigenvalue weighted by Gasteiger charge is 2.02. The molecule has 0 aliphatic heterocycles. The van der Waals surface area contributed by atoms with Crippen LogP contribution in [0.15, 0.2) is 0 Å². The van der Waals surface area contributed by atoms with Gasteiger partial charge >= 0.3 is 0 Å². The summed E-state index contributed by atoms with van der Waals surface area (Å²) in [5.74, 6) is 1.71. The molecule has 0 amide bonds. The summed E-state index contributed by atoms with van der Waals surface area (Å²) in [7, 11) is 0. The van der Waals surface area contributed by atoms with Crippen LogP contribution < -0.4 is 21.3 Å². The first-order valence-corrected chi connectivity index (χ1v) is 11.6. The van der Waals surface area contributed by atoms with Crippen molar-refractivity contribution >= 4 is 0 Å². The predicted octanol–water partition coefficient (Wildman–Crippen LogP) is 3.78. The molecule has 0 atom stereocenters. The summed E-state index contributed by atoms with van der Waals surface area (Å²) >= 11 is 0. The number of unbranched alkanes of at least 4 members (excludes halogenated alkanes) is 1. The lowest BCUT2D eigenvalue weighted by molar-refractivity contribution is 0.443. The second-order valence-electron chi connectivity index (χ2n) is 7.69. The monoisotopic (exact) mass is 370 g/mol. The van der Waals surface area contributed by atoms with Gasteiger partial charge in [0.2, 0.25) is 0 Å². The van der Waals surface area contributed by atoms with E-state index < -0.39 is 0 Å². The molecule has 0 aromatic heterocycles. The van der Waals surface area contributed by atoms with Crippen molar-refractivity contribution in [3.05, 3.63) is 0 Å². The fraction of sp³-hybridized carbons (Fsp3) is 1.00. The van der Waals surface area contributed by atoms with Gasteiger partial charge in [-0.3, -0.25) is 0 Å². The fourth-order valence-corrected chi connectivity index (χ4v) is 3.19. The molecular formula is C22H50N4. The van der Waals surface area contributed by atoms with E-state index in [9.17, 15) is 0 Å². The van der Waals surface area contributed by atoms with E-state index in [4.69, 9.17) is 0 Å². The van der Waals surface area contributed by atoms with Gasteiger partial charge in [0.1, 0.15) is 0 Å². The van der Waals surface area contributed by atoms with E-state index in [2.05, 4.69) is 49.0 Å². The van der Waals surface area contributed by atoms with Gasteiger partial charge in [-0.2, -0.15) is 0 Å². The van der Waals surface area contributed by atoms with Crippen LogP contribution in [0.25, 0.3) is 0 Å². The highest BCUT2D eigenvalue weighted by Crippen LogP contribution is 2.05. The molecule has 0 saturated carbocycles. The van der Waals surface area contributed by atoms with E-state index in [0.717, 1.165) is 51.1 Å². The Kier molecular flexibility index (Phi) is 21.0. The van der Waals surface area contributed by atoms with Crippen LogP contribution in [0.5, 0.6) is 0 Å². The zero-order valence-corrected chi connectivity index (χ0v) is 18.5. The van der Waals surface area contributed by atoms with Crippen LogP contribution in [-0.2, 0) is 0 Å². The Morgan fingerprint density at radius 1 is 0.423 bits per heavy atom. The minimum absolute atomic E-state index is 0.857. The molecule has 0 saturated heterocycles. The van der Waals surface area contributed by atoms with Crippen molar-refractivity contribution in [3.63, 3.8) is 0 Å². The smallest absolute Gasteiger partial charge is 0.00207 e. The largest absolute Gasteiger partial charge is 0.317 e. The van der Waals surface area contributed by atoms with Crippen LogP contribution >= 0.6 is 0 Å². The van der Waals surface area contributed by atoms with E-state index in [1.807, 2.05) is 0 Å². The first kappa shape index (κ1) is 25.8. The third-order valence-corrected chi connectivity index (χ3v) is 5.55. The average Bonchev–Trinajstić information content (AvgIpc) is 2.67. The third-order valence-electron chi connectivity index (χ3n) is 5.55. The summed E-state index contributed by atoms with van der Waals surface area (Å²) in [5, 5.41) is 14.3. The molecule has 0 aliphatic carbocycles. The molecular weight excluding hydrogens is 320 g/mol. The maximum absolute atomic E-state index is 3.58. The molecule has 0 spiro atoms. The van der Waals surface area contributed by atoms with Crippen molar-refractivity contribution in [1.29, 1.82) is 0 Å². The zero-order valence-electron chi connectivity index (χ0n) is 18.5. The molecule has 4 nitrogen and oxygen atoms in total. The lowest BCUT2D eigenvalue weighted by Crippen LogP contribution is -2.27. The quantitative estimate of drug-likeness (QED) is 0.232. The van der Waals surface area contributed by atoms with Crippen LogP contribution in [0.1, 0.15) is 79.1 Å². The van der Waals surface area contributed by atoms with Gasteiger partial charge in [0, 0.05) is 0 Å². The fourth-order valence-electron chi connectivity index (χ4n) is 3.19. The molecule has 0 aromatic rings. The summed E-state index contributed by atoms with van der Waals surface area (Å²) in [6, 6.07) is 0. The minimum Gasteiger partial charge on any atom is -0.317 e. The van der Waals surface area contributed by atoms with Crippen molar-refractivity contribution in [2.45, 2.75) is 79.1 Å². The summed E-state index contributed by atoms with van der Waals surface area (Å²) in [4.78, 5) is 0. The molecule has 0 radical (unpaired) electrons. The van der Waals surface area contributed by atoms with Crippen LogP contribution in [0.3, 0.4) is 0 Å². The Balaban J connectivity index is 3.11. The minimum atomic E-state index is 0.857. The zero-order chi connectivity index (χ0) is 19.3. The molecule has 4 heteroatoms. The average molecular weight is 371 g/mol. The molecule has 0 bridgehead atoms. The van der Waals surface area contributed by atoms with Crippen LogP contribution in [0.2, 0.25) is 0 Å². The van der Waals surface area contributed by atoms with E-state index in [1.165, 1.54) is 64.5 Å². The number of hydrogen-bond donors (Lipinski definition) is 4. The van der Waals surface area contributed by atoms with Gasteiger partial charge in [0.05, 0.1) is 0 Å². The molecule has 4 N–H and O–H groups in total. The Morgan fingerprint density at radius 2 is 0.731 bits per heavy atom. The summed E-state index contributed by atoms with van der Waals surface area (Å²) < 4.78 is 0. The molecule has 26 heavy (non-hydrogen) atoms. The topological polar surface area (TPSA) is 48.1 Å². The van der Waals surface area contributed by atoms with Gasteiger partial charge in [-0.15, -0.1) is 0 Å². The van der Waals surface area contributed by atoms with Gasteiger partial charge in [-0.25, -0.2) is 0 Å². The first-order valence-electron chi connectivity index (χ1n) is 11.6. The molecule has 0 aliphatic rings. The molecule has 0 unspecified atom stereocenters. The highest BCUT2D eigenvalue weighted by molar-refractivity contribution is 4.61. The van der Waals surface area contributed by atoms with Crippen molar-refractivity contribution in [2.75, 3.05) is 52.4 Å². The Bertz CT molecular complexity index is 227. The lowest BCUT2D eigenvalue weighted by atomic mass is 10.0. The Labute approximate surface area is 165 Å². The maximum atomic E-state index is 3.58. The molecule has 158 valence electrons. The third kappa shape index (κ3) is 17.3. The van der Waals surface area contributed by atoms with Gasteiger partial charge < -0.3 is 21.3 Å². The summed E-state index contributed by atoms with van der Waals surface area (Å²) in [5.41, 5.74) is 0. The predicted molar refractivity (Wildman–Crippen MR) is 118 cm³/mol. The molecule has 0 fully saturated rings. The van der Waals surface area contributed by atoms with Crippen molar-refractivity contribution in [2.24, 2.45) is 11.8 Å². The molecule has 0 aromatic carbocycles. The van der Waals surface area contributed by atoms with Gasteiger partial charge in [-0.05, 0) is 89.9 Å². The Hall–Kier alpha value is -0.160. The van der Waals surface area contributed by atoms with Crippen LogP contribution in [0.4, 0.5) is 0 Å². The van der Waals surface area contributed by atoms with E-state index >= 15 is 0 Å². The summed E-state index contributed by atoms with van der Waals surface area (Å²) in [6.07, 6.45) is 10.2. The van der Waals surface area contributed by atoms with Crippen LogP contribution in [-0.4, -0.2) is 52.4 Å². The maximum Gasteiger partial charge on any atom is -0.00207 e. The second-order valence-corrected chi connectivity index (χ2v) is 7.69. The van der Waals surface area contributed by atoms with Crippen LogP contribution in [0, 0.1) is 11.8 Å². The van der Waals surface area contributed by atoms with E-state index in [-0.39, 0.29) is 0 Å². The van der Waals surface area contributed by atoms with Gasteiger partial charge in [0.15, 0.2) is 0 Å². The van der Waals surface area contributed by atoms with Gasteiger partial charge in [0.25, 0.3) is 0 Å². The number of hydrogen-bond acceptors (Lipinski definition) is 4. The standard InChI is InChI=1S/C22H50N4/c1-5-21(6-2)19-25-17-11-15-23-13-9-10-14-24-16-12-18-26-20-22(7-3)8-4/h21-26H,5-20H2,1-4H3. The van der Waals surface area contributed by atoms with E-state index in [1.54, 1.807) is 0 Å². The number of nitrogens with one attached hydrogen (secondary N) is 4. The summed E-state index contributed by atoms with van der Waals surface area (Å²) in [6.45, 7) is 18.4. The van der Waals surface area contributed by atoms with Gasteiger partial charge in [-0.1, -0.05) is 53.4 Å². The normalized spacial score (nSPS) is 11.8. The van der Waals surface area contributed by atoms with Crippen molar-refractivity contribution in [3.8, 4) is 0 Å². The van der Waals surface area contributed by atoms with Crippen molar-refractivity contribution in [1.82, 2.24) is 21.3 Å². The lowest BCUT2D eigenvalue weighted by Gasteiger charge is -2.13. The molecule has 0 rings (SSSR count). The second kappa shape index (κ2) is 21.1. The van der Waals surface area contributed by atoms with E-state index in [0.29, 0.717) is 0 Å². The van der Waals surface area contributed by atoms with Crippen molar-refractivity contribution < 1.29 is 0 Å². The first-order chi connectivity index (χ1) is 12.8. The Morgan fingerprint density at radius 3 is 1.08 bits per heavy atom. The molecule has 0 heterocycles. The number of rotatable bonds is 21.